The number of methoxy groups -OCH3 is 2. The Bertz CT molecular complexity index is 1010. The molecule has 32 heavy (non-hydrogen) atoms. The van der Waals surface area contributed by atoms with E-state index in [1.54, 1.807) is 30.2 Å². The van der Waals surface area contributed by atoms with Crippen LogP contribution >= 0.6 is 11.3 Å². The Morgan fingerprint density at radius 2 is 1.81 bits per heavy atom. The highest BCUT2D eigenvalue weighted by Crippen LogP contribution is 2.34. The fourth-order valence-corrected chi connectivity index (χ4v) is 5.34. The van der Waals surface area contributed by atoms with E-state index >= 15 is 0 Å². The Morgan fingerprint density at radius 1 is 1.03 bits per heavy atom. The van der Waals surface area contributed by atoms with Crippen molar-refractivity contribution in [1.82, 2.24) is 10.9 Å². The van der Waals surface area contributed by atoms with Gasteiger partial charge < -0.3 is 14.4 Å². The second kappa shape index (κ2) is 9.60. The first-order valence-corrected chi connectivity index (χ1v) is 11.6. The first-order valence-electron chi connectivity index (χ1n) is 10.7. The van der Waals surface area contributed by atoms with Crippen LogP contribution in [0.15, 0.2) is 24.3 Å². The van der Waals surface area contributed by atoms with Gasteiger partial charge in [0.05, 0.1) is 25.0 Å². The molecule has 3 amide bonds. The van der Waals surface area contributed by atoms with Crippen LogP contribution in [0.5, 0.6) is 11.5 Å². The summed E-state index contributed by atoms with van der Waals surface area (Å²) in [4.78, 5) is 41.1. The average molecular weight is 458 g/mol. The van der Waals surface area contributed by atoms with Gasteiger partial charge in [0.2, 0.25) is 11.8 Å². The largest absolute Gasteiger partial charge is 0.493 e. The van der Waals surface area contributed by atoms with Gasteiger partial charge in [-0.15, -0.1) is 11.3 Å². The molecular formula is C23H27N3O5S. The normalized spacial score (nSPS) is 18.0. The number of fused-ring (bicyclic) bond motifs is 1. The molecule has 8 nitrogen and oxygen atoms in total. The second-order valence-electron chi connectivity index (χ2n) is 8.01. The number of carbonyl (C=O) groups excluding carboxylic acids is 3. The third-order valence-corrected chi connectivity index (χ3v) is 7.18. The molecular weight excluding hydrogens is 430 g/mol. The minimum absolute atomic E-state index is 0.0728. The molecule has 1 unspecified atom stereocenters. The minimum Gasteiger partial charge on any atom is -0.493 e. The first kappa shape index (κ1) is 22.1. The molecule has 1 aliphatic carbocycles. The molecule has 2 aromatic rings. The number of hydrogen-bond donors (Lipinski definition) is 2. The molecule has 0 spiro atoms. The number of nitrogens with zero attached hydrogens (tertiary/aromatic N) is 1. The van der Waals surface area contributed by atoms with Gasteiger partial charge in [0.15, 0.2) is 11.5 Å². The van der Waals surface area contributed by atoms with Crippen molar-refractivity contribution in [2.45, 2.75) is 38.5 Å². The van der Waals surface area contributed by atoms with Gasteiger partial charge in [0, 0.05) is 29.6 Å². The van der Waals surface area contributed by atoms with E-state index in [0.717, 1.165) is 25.7 Å². The highest BCUT2D eigenvalue weighted by Gasteiger charge is 2.35. The molecule has 0 radical (unpaired) electrons. The number of hydrogen-bond acceptors (Lipinski definition) is 6. The average Bonchev–Trinajstić information content (AvgIpc) is 3.33. The van der Waals surface area contributed by atoms with Gasteiger partial charge in [0.1, 0.15) is 0 Å². The highest BCUT2D eigenvalue weighted by atomic mass is 32.1. The van der Waals surface area contributed by atoms with Crippen molar-refractivity contribution >= 4 is 34.7 Å². The van der Waals surface area contributed by atoms with Crippen LogP contribution in [0.4, 0.5) is 5.69 Å². The first-order chi connectivity index (χ1) is 15.5. The second-order valence-corrected chi connectivity index (χ2v) is 9.14. The van der Waals surface area contributed by atoms with Crippen molar-refractivity contribution in [2.75, 3.05) is 25.7 Å². The third kappa shape index (κ3) is 4.57. The molecule has 1 aromatic carbocycles. The van der Waals surface area contributed by atoms with Crippen LogP contribution < -0.4 is 25.2 Å². The summed E-state index contributed by atoms with van der Waals surface area (Å²) in [6.07, 6.45) is 5.60. The van der Waals surface area contributed by atoms with E-state index in [4.69, 9.17) is 9.47 Å². The molecule has 1 aromatic heterocycles. The molecule has 9 heteroatoms. The van der Waals surface area contributed by atoms with E-state index in [1.807, 2.05) is 6.07 Å². The van der Waals surface area contributed by atoms with Crippen molar-refractivity contribution < 1.29 is 23.9 Å². The summed E-state index contributed by atoms with van der Waals surface area (Å²) in [5, 5.41) is 0. The van der Waals surface area contributed by atoms with Crippen LogP contribution in [0.1, 0.15) is 45.8 Å². The topological polar surface area (TPSA) is 97.0 Å². The molecule has 2 aliphatic rings. The van der Waals surface area contributed by atoms with E-state index in [-0.39, 0.29) is 30.7 Å². The number of benzene rings is 1. The van der Waals surface area contributed by atoms with Gasteiger partial charge in [-0.1, -0.05) is 6.42 Å². The zero-order valence-corrected chi connectivity index (χ0v) is 19.0. The number of ether oxygens (including phenoxy) is 2. The molecule has 1 atom stereocenters. The van der Waals surface area contributed by atoms with Crippen molar-refractivity contribution in [3.8, 4) is 11.5 Å². The summed E-state index contributed by atoms with van der Waals surface area (Å²) in [6, 6.07) is 7.12. The summed E-state index contributed by atoms with van der Waals surface area (Å²) in [6.45, 7) is 0.226. The SMILES string of the molecule is COc1ccc(N2CC(C(=O)NNC(=O)c3cc4c(s3)CCCCC4)CC2=O)cc1OC. The van der Waals surface area contributed by atoms with E-state index in [2.05, 4.69) is 10.9 Å². The standard InChI is InChI=1S/C23H27N3O5S/c1-30-17-9-8-16(12-18(17)31-2)26-13-15(11-21(26)27)22(28)24-25-23(29)20-10-14-6-4-3-5-7-19(14)32-20/h8-10,12,15H,3-7,11,13H2,1-2H3,(H,24,28)(H,25,29). The molecule has 1 aliphatic heterocycles. The Morgan fingerprint density at radius 3 is 2.59 bits per heavy atom. The van der Waals surface area contributed by atoms with Crippen molar-refractivity contribution in [1.29, 1.82) is 0 Å². The van der Waals surface area contributed by atoms with Crippen LogP contribution in [0.2, 0.25) is 0 Å². The summed E-state index contributed by atoms with van der Waals surface area (Å²) in [5.74, 6) is -0.356. The minimum atomic E-state index is -0.559. The summed E-state index contributed by atoms with van der Waals surface area (Å²) in [7, 11) is 3.07. The maximum absolute atomic E-state index is 12.6. The molecule has 1 fully saturated rings. The smallest absolute Gasteiger partial charge is 0.279 e. The van der Waals surface area contributed by atoms with Gasteiger partial charge in [-0.2, -0.15) is 0 Å². The van der Waals surface area contributed by atoms with Crippen LogP contribution in [0.25, 0.3) is 0 Å². The van der Waals surface area contributed by atoms with Crippen LogP contribution in [-0.2, 0) is 22.4 Å². The van der Waals surface area contributed by atoms with Crippen LogP contribution in [-0.4, -0.2) is 38.5 Å². The number of hydrazine groups is 1. The summed E-state index contributed by atoms with van der Waals surface area (Å²) in [5.41, 5.74) is 6.88. The molecule has 0 saturated carbocycles. The highest BCUT2D eigenvalue weighted by molar-refractivity contribution is 7.14. The van der Waals surface area contributed by atoms with E-state index in [9.17, 15) is 14.4 Å². The molecule has 170 valence electrons. The lowest BCUT2D eigenvalue weighted by molar-refractivity contribution is -0.126. The molecule has 2 N–H and O–H groups in total. The Kier molecular flexibility index (Phi) is 6.64. The third-order valence-electron chi connectivity index (χ3n) is 5.94. The van der Waals surface area contributed by atoms with Crippen molar-refractivity contribution in [3.05, 3.63) is 39.6 Å². The zero-order valence-electron chi connectivity index (χ0n) is 18.2. The Hall–Kier alpha value is -3.07. The van der Waals surface area contributed by atoms with Crippen LogP contribution in [0, 0.1) is 5.92 Å². The molecule has 2 heterocycles. The Labute approximate surface area is 190 Å². The lowest BCUT2D eigenvalue weighted by Gasteiger charge is -2.18. The number of nitrogens with one attached hydrogen (secondary N) is 2. The fraction of sp³-hybridized carbons (Fsp3) is 0.435. The maximum atomic E-state index is 12.6. The quantitative estimate of drug-likeness (QED) is 0.532. The molecule has 1 saturated heterocycles. The number of amides is 3. The maximum Gasteiger partial charge on any atom is 0.279 e. The zero-order chi connectivity index (χ0) is 22.7. The summed E-state index contributed by atoms with van der Waals surface area (Å²) >= 11 is 1.50. The van der Waals surface area contributed by atoms with Gasteiger partial charge >= 0.3 is 0 Å². The number of aryl methyl sites for hydroxylation is 2. The lowest BCUT2D eigenvalue weighted by atomic mass is 10.1. The predicted octanol–water partition coefficient (Wildman–Crippen LogP) is 2.85. The number of carbonyl (C=O) groups is 3. The van der Waals surface area contributed by atoms with Crippen LogP contribution in [0.3, 0.4) is 0 Å². The lowest BCUT2D eigenvalue weighted by Crippen LogP contribution is -2.45. The van der Waals surface area contributed by atoms with Gasteiger partial charge in [0.25, 0.3) is 5.91 Å². The number of anilines is 1. The van der Waals surface area contributed by atoms with E-state index in [1.165, 1.54) is 35.3 Å². The summed E-state index contributed by atoms with van der Waals surface area (Å²) < 4.78 is 10.5. The molecule has 0 bridgehead atoms. The van der Waals surface area contributed by atoms with E-state index < -0.39 is 5.92 Å². The van der Waals surface area contributed by atoms with Crippen molar-refractivity contribution in [3.63, 3.8) is 0 Å². The number of thiophene rings is 1. The van der Waals surface area contributed by atoms with Crippen molar-refractivity contribution in [2.24, 2.45) is 5.92 Å². The fourth-order valence-electron chi connectivity index (χ4n) is 4.19. The van der Waals surface area contributed by atoms with E-state index in [0.29, 0.717) is 22.1 Å². The van der Waals surface area contributed by atoms with Gasteiger partial charge in [-0.25, -0.2) is 0 Å². The predicted molar refractivity (Wildman–Crippen MR) is 121 cm³/mol. The number of rotatable bonds is 5. The van der Waals surface area contributed by atoms with Gasteiger partial charge in [-0.05, 0) is 49.4 Å². The van der Waals surface area contributed by atoms with Gasteiger partial charge in [-0.3, -0.25) is 25.2 Å². The molecule has 4 rings (SSSR count). The monoisotopic (exact) mass is 457 g/mol. The Balaban J connectivity index is 1.35.